The van der Waals surface area contributed by atoms with Gasteiger partial charge in [0, 0.05) is 6.42 Å². The Labute approximate surface area is 282 Å². The van der Waals surface area contributed by atoms with E-state index in [9.17, 15) is 19.2 Å². The van der Waals surface area contributed by atoms with Crippen LogP contribution in [0.4, 0.5) is 0 Å². The number of esters is 4. The molecule has 5 rings (SSSR count). The molecule has 0 aliphatic carbocycles. The number of benzene rings is 1. The van der Waals surface area contributed by atoms with E-state index >= 15 is 0 Å². The highest BCUT2D eigenvalue weighted by atomic mass is 35.5. The summed E-state index contributed by atoms with van der Waals surface area (Å²) in [6.07, 6.45) is 2.38. The number of hydrogen-bond donors (Lipinski definition) is 0. The second-order valence-corrected chi connectivity index (χ2v) is 10.6. The highest BCUT2D eigenvalue weighted by Crippen LogP contribution is 2.36. The van der Waals surface area contributed by atoms with E-state index in [1.165, 1.54) is 48.0 Å². The Hall–Kier alpha value is -4.79. The van der Waals surface area contributed by atoms with Crippen molar-refractivity contribution in [3.05, 3.63) is 92.7 Å². The number of fused-ring (bicyclic) bond motifs is 2. The first-order chi connectivity index (χ1) is 22.5. The number of pyridine rings is 2. The van der Waals surface area contributed by atoms with E-state index in [1.807, 2.05) is 6.07 Å². The van der Waals surface area contributed by atoms with Crippen molar-refractivity contribution >= 4 is 70.0 Å². The van der Waals surface area contributed by atoms with Crippen LogP contribution in [0, 0.1) is 0 Å². The number of aromatic nitrogens is 6. The zero-order valence-electron chi connectivity index (χ0n) is 25.4. The molecule has 0 spiro atoms. The van der Waals surface area contributed by atoms with Crippen LogP contribution in [-0.4, -0.2) is 80.5 Å². The molecule has 0 bridgehead atoms. The first-order valence-corrected chi connectivity index (χ1v) is 14.9. The topological polar surface area (TPSA) is 166 Å². The minimum atomic E-state index is -1.96. The number of nitrogens with zero attached hydrogens (tertiary/aromatic N) is 6. The Morgan fingerprint density at radius 1 is 0.745 bits per heavy atom. The summed E-state index contributed by atoms with van der Waals surface area (Å²) in [5.74, 6) is -2.97. The van der Waals surface area contributed by atoms with Gasteiger partial charge in [0.05, 0.1) is 43.2 Å². The summed E-state index contributed by atoms with van der Waals surface area (Å²) in [4.78, 5) is 58.6. The fraction of sp³-hybridized carbons (Fsp3) is 0.267. The van der Waals surface area contributed by atoms with E-state index < -0.39 is 29.3 Å². The zero-order chi connectivity index (χ0) is 34.3. The molecule has 17 heteroatoms. The molecule has 0 unspecified atom stereocenters. The molecule has 47 heavy (non-hydrogen) atoms. The molecule has 0 aliphatic rings. The van der Waals surface area contributed by atoms with Gasteiger partial charge >= 0.3 is 23.9 Å². The molecule has 0 atom stereocenters. The molecule has 5 aromatic rings. The van der Waals surface area contributed by atoms with Crippen LogP contribution in [0.2, 0.25) is 15.2 Å². The molecule has 4 aromatic heterocycles. The van der Waals surface area contributed by atoms with Gasteiger partial charge in [-0.2, -0.15) is 10.2 Å². The van der Waals surface area contributed by atoms with Crippen molar-refractivity contribution in [3.63, 3.8) is 0 Å². The van der Waals surface area contributed by atoms with E-state index in [0.717, 1.165) is 0 Å². The van der Waals surface area contributed by atoms with Gasteiger partial charge in [-0.1, -0.05) is 65.1 Å². The van der Waals surface area contributed by atoms with Crippen LogP contribution in [0.15, 0.2) is 55.1 Å². The standard InChI is InChI=1S/C22H22ClN3O6.C8H5Cl2N3O2/c1-4-31-20(28)22(21(29)32-5-2,12-14-9-7-6-8-10-14)16-11-15(23)17(19(27)30-3)18-24-13-25-26(16)18;1-15-8(14)6-4(9)2-5(10)13-7(6)11-3-12-13/h6-11,13H,4-5,12H2,1-3H3;2-3H,1H3. The van der Waals surface area contributed by atoms with Crippen molar-refractivity contribution in [2.75, 3.05) is 27.4 Å². The lowest BCUT2D eigenvalue weighted by molar-refractivity contribution is -0.165. The monoisotopic (exact) mass is 704 g/mol. The number of hydrogen-bond acceptors (Lipinski definition) is 12. The minimum absolute atomic E-state index is 0.0310. The number of methoxy groups -OCH3 is 2. The molecule has 0 N–H and O–H groups in total. The minimum Gasteiger partial charge on any atom is -0.465 e. The molecule has 0 saturated carbocycles. The van der Waals surface area contributed by atoms with Gasteiger partial charge in [-0.05, 0) is 31.5 Å². The van der Waals surface area contributed by atoms with Gasteiger partial charge in [0.15, 0.2) is 11.3 Å². The predicted octanol–water partition coefficient (Wildman–Crippen LogP) is 4.60. The number of rotatable bonds is 9. The van der Waals surface area contributed by atoms with E-state index in [4.69, 9.17) is 49.0 Å². The highest BCUT2D eigenvalue weighted by Gasteiger charge is 2.53. The average Bonchev–Trinajstić information content (AvgIpc) is 3.75. The Bertz CT molecular complexity index is 1930. The van der Waals surface area contributed by atoms with Crippen LogP contribution >= 0.6 is 34.8 Å². The first kappa shape index (κ1) is 35.1. The van der Waals surface area contributed by atoms with E-state index in [-0.39, 0.29) is 62.9 Å². The Kier molecular flexibility index (Phi) is 11.3. The van der Waals surface area contributed by atoms with E-state index in [2.05, 4.69) is 24.9 Å². The van der Waals surface area contributed by atoms with Crippen molar-refractivity contribution in [1.82, 2.24) is 29.2 Å². The van der Waals surface area contributed by atoms with Gasteiger partial charge in [-0.3, -0.25) is 9.59 Å². The highest BCUT2D eigenvalue weighted by molar-refractivity contribution is 6.37. The molecule has 0 amide bonds. The van der Waals surface area contributed by atoms with E-state index in [1.54, 1.807) is 38.1 Å². The summed E-state index contributed by atoms with van der Waals surface area (Å²) in [6, 6.07) is 11.7. The Morgan fingerprint density at radius 2 is 1.23 bits per heavy atom. The SMILES string of the molecule is CCOC(=O)C(Cc1ccccc1)(C(=O)OCC)c1cc(Cl)c(C(=O)OC)c2ncnn12.COC(=O)c1c(Cl)cc(Cl)n2ncnc12. The van der Waals surface area contributed by atoms with E-state index in [0.29, 0.717) is 5.56 Å². The number of carbonyl (C=O) groups excluding carboxylic acids is 4. The Balaban J connectivity index is 0.000000277. The summed E-state index contributed by atoms with van der Waals surface area (Å²) in [5, 5.41) is 8.41. The van der Waals surface area contributed by atoms with Gasteiger partial charge in [0.1, 0.15) is 28.9 Å². The second kappa shape index (κ2) is 15.2. The maximum atomic E-state index is 13.4. The first-order valence-electron chi connectivity index (χ1n) is 13.8. The van der Waals surface area contributed by atoms with Crippen molar-refractivity contribution in [2.45, 2.75) is 25.7 Å². The van der Waals surface area contributed by atoms with Crippen LogP contribution in [0.5, 0.6) is 0 Å². The van der Waals surface area contributed by atoms with Gasteiger partial charge < -0.3 is 18.9 Å². The maximum absolute atomic E-state index is 13.4. The molecule has 246 valence electrons. The van der Waals surface area contributed by atoms with Crippen molar-refractivity contribution in [1.29, 1.82) is 0 Å². The third-order valence-corrected chi connectivity index (χ3v) is 7.60. The molecular weight excluding hydrogens is 679 g/mol. The van der Waals surface area contributed by atoms with Crippen molar-refractivity contribution in [3.8, 4) is 0 Å². The van der Waals surface area contributed by atoms with Gasteiger partial charge in [-0.25, -0.2) is 28.6 Å². The molecule has 1 aromatic carbocycles. The molecule has 0 saturated heterocycles. The molecule has 4 heterocycles. The second-order valence-electron chi connectivity index (χ2n) is 9.43. The van der Waals surface area contributed by atoms with Crippen molar-refractivity contribution < 1.29 is 38.1 Å². The molecular formula is C30H27Cl3N6O8. The molecule has 14 nitrogen and oxygen atoms in total. The van der Waals surface area contributed by atoms with Gasteiger partial charge in [0.25, 0.3) is 0 Å². The number of halogens is 3. The third kappa shape index (κ3) is 6.84. The summed E-state index contributed by atoms with van der Waals surface area (Å²) in [7, 11) is 2.47. The quantitative estimate of drug-likeness (QED) is 0.0907. The third-order valence-electron chi connectivity index (χ3n) is 6.74. The van der Waals surface area contributed by atoms with Crippen LogP contribution in [0.25, 0.3) is 11.3 Å². The summed E-state index contributed by atoms with van der Waals surface area (Å²) in [5.41, 5.74) is -0.807. The molecule has 0 aliphatic heterocycles. The Morgan fingerprint density at radius 3 is 1.74 bits per heavy atom. The van der Waals surface area contributed by atoms with Crippen LogP contribution < -0.4 is 0 Å². The molecule has 0 fully saturated rings. The van der Waals surface area contributed by atoms with Crippen LogP contribution in [0.3, 0.4) is 0 Å². The average molecular weight is 706 g/mol. The molecule has 0 radical (unpaired) electrons. The largest absolute Gasteiger partial charge is 0.465 e. The lowest BCUT2D eigenvalue weighted by Crippen LogP contribution is -2.49. The summed E-state index contributed by atoms with van der Waals surface area (Å²) in [6.45, 7) is 3.33. The lowest BCUT2D eigenvalue weighted by atomic mass is 9.77. The number of ether oxygens (including phenoxy) is 4. The predicted molar refractivity (Wildman–Crippen MR) is 169 cm³/mol. The van der Waals surface area contributed by atoms with Crippen LogP contribution in [0.1, 0.15) is 45.8 Å². The smallest absolute Gasteiger partial charge is 0.343 e. The zero-order valence-corrected chi connectivity index (χ0v) is 27.7. The van der Waals surface area contributed by atoms with Crippen LogP contribution in [-0.2, 0) is 40.4 Å². The number of carbonyl (C=O) groups is 4. The fourth-order valence-electron chi connectivity index (χ4n) is 4.69. The fourth-order valence-corrected chi connectivity index (χ4v) is 5.50. The van der Waals surface area contributed by atoms with Gasteiger partial charge in [-0.15, -0.1) is 0 Å². The van der Waals surface area contributed by atoms with Gasteiger partial charge in [0.2, 0.25) is 5.41 Å². The summed E-state index contributed by atoms with van der Waals surface area (Å²) < 4.78 is 22.6. The summed E-state index contributed by atoms with van der Waals surface area (Å²) >= 11 is 18.1. The normalized spacial score (nSPS) is 11.0. The lowest BCUT2D eigenvalue weighted by Gasteiger charge is -2.30. The van der Waals surface area contributed by atoms with Crippen molar-refractivity contribution in [2.24, 2.45) is 0 Å². The maximum Gasteiger partial charge on any atom is 0.343 e.